The average molecular weight is 484 g/mol. The number of aromatic nitrogens is 4. The smallest absolute Gasteiger partial charge is 0.386 e. The van der Waals surface area contributed by atoms with E-state index in [1.54, 1.807) is 19.4 Å². The third kappa shape index (κ3) is 4.51. The summed E-state index contributed by atoms with van der Waals surface area (Å²) in [6, 6.07) is 9.72. The van der Waals surface area contributed by atoms with Gasteiger partial charge < -0.3 is 19.9 Å². The number of carbonyl (C=O) groups excluding carboxylic acids is 1. The van der Waals surface area contributed by atoms with E-state index in [4.69, 9.17) is 0 Å². The number of likely N-dealkylation sites (N-methyl/N-ethyl adjacent to an activating group) is 1. The molecule has 1 aliphatic rings. The van der Waals surface area contributed by atoms with E-state index < -0.39 is 23.5 Å². The van der Waals surface area contributed by atoms with Crippen molar-refractivity contribution in [3.63, 3.8) is 0 Å². The van der Waals surface area contributed by atoms with Gasteiger partial charge in [0.25, 0.3) is 5.91 Å². The fourth-order valence-corrected chi connectivity index (χ4v) is 4.68. The summed E-state index contributed by atoms with van der Waals surface area (Å²) in [5.41, 5.74) is 1.65. The molecule has 4 aromatic rings. The first-order valence-corrected chi connectivity index (χ1v) is 11.1. The molecule has 182 valence electrons. The number of hydrogen-bond acceptors (Lipinski definition) is 6. The number of benzene rings is 1. The summed E-state index contributed by atoms with van der Waals surface area (Å²) in [6.45, 7) is 1.09. The van der Waals surface area contributed by atoms with Gasteiger partial charge in [0.05, 0.1) is 34.4 Å². The van der Waals surface area contributed by atoms with Crippen molar-refractivity contribution in [3.05, 3.63) is 60.2 Å². The Balaban J connectivity index is 1.34. The van der Waals surface area contributed by atoms with E-state index in [0.717, 1.165) is 29.7 Å². The van der Waals surface area contributed by atoms with Crippen molar-refractivity contribution in [2.75, 3.05) is 31.6 Å². The largest absolute Gasteiger partial charge is 0.449 e. The lowest BCUT2D eigenvalue weighted by Gasteiger charge is -2.42. The average Bonchev–Trinajstić information content (AvgIpc) is 3.27. The summed E-state index contributed by atoms with van der Waals surface area (Å²) in [6.07, 6.45) is 0.0239. The van der Waals surface area contributed by atoms with Gasteiger partial charge in [-0.15, -0.1) is 0 Å². The highest BCUT2D eigenvalue weighted by Gasteiger charge is 2.37. The number of nitrogens with zero attached hydrogens (tertiary/aromatic N) is 5. The van der Waals surface area contributed by atoms with E-state index in [1.807, 2.05) is 23.1 Å². The lowest BCUT2D eigenvalue weighted by atomic mass is 9.91. The van der Waals surface area contributed by atoms with Gasteiger partial charge in [-0.2, -0.15) is 13.2 Å². The topological polar surface area (TPSA) is 98.2 Å². The molecule has 0 aliphatic carbocycles. The van der Waals surface area contributed by atoms with Crippen molar-refractivity contribution < 1.29 is 23.1 Å². The third-order valence-electron chi connectivity index (χ3n) is 6.25. The third-order valence-corrected chi connectivity index (χ3v) is 6.25. The normalized spacial score (nSPS) is 18.8. The van der Waals surface area contributed by atoms with Gasteiger partial charge in [-0.3, -0.25) is 14.8 Å². The van der Waals surface area contributed by atoms with E-state index in [-0.39, 0.29) is 23.1 Å². The number of β-amino-alcohol motifs (C(OH)–C–C–N with tert-alkyl or cyclic N) is 1. The second-order valence-corrected chi connectivity index (χ2v) is 8.93. The van der Waals surface area contributed by atoms with Crippen LogP contribution in [0, 0.1) is 0 Å². The zero-order chi connectivity index (χ0) is 24.8. The van der Waals surface area contributed by atoms with Gasteiger partial charge in [-0.25, -0.2) is 4.98 Å². The maximum Gasteiger partial charge on any atom is 0.449 e. The first-order valence-electron chi connectivity index (χ1n) is 11.1. The van der Waals surface area contributed by atoms with Crippen LogP contribution in [0.2, 0.25) is 0 Å². The Bertz CT molecular complexity index is 1400. The highest BCUT2D eigenvalue weighted by atomic mass is 19.4. The van der Waals surface area contributed by atoms with Crippen LogP contribution in [0.1, 0.15) is 29.0 Å². The highest BCUT2D eigenvalue weighted by Crippen LogP contribution is 2.31. The summed E-state index contributed by atoms with van der Waals surface area (Å²) in [5.74, 6) is -1.52. The van der Waals surface area contributed by atoms with Gasteiger partial charge in [0.2, 0.25) is 5.82 Å². The maximum atomic E-state index is 13.1. The molecule has 1 atom stereocenters. The number of piperidine rings is 1. The van der Waals surface area contributed by atoms with E-state index in [2.05, 4.69) is 19.9 Å². The molecule has 8 nitrogen and oxygen atoms in total. The van der Waals surface area contributed by atoms with Gasteiger partial charge in [0, 0.05) is 38.1 Å². The van der Waals surface area contributed by atoms with E-state index in [0.29, 0.717) is 13.0 Å². The van der Waals surface area contributed by atoms with Crippen molar-refractivity contribution in [2.24, 2.45) is 0 Å². The monoisotopic (exact) mass is 484 g/mol. The molecule has 11 heteroatoms. The summed E-state index contributed by atoms with van der Waals surface area (Å²) in [4.78, 5) is 31.0. The number of imidazole rings is 1. The van der Waals surface area contributed by atoms with E-state index >= 15 is 0 Å². The molecule has 5 rings (SSSR count). The van der Waals surface area contributed by atoms with Crippen LogP contribution in [0.15, 0.2) is 48.8 Å². The Labute approximate surface area is 198 Å². The Hall–Kier alpha value is -3.73. The number of halogens is 3. The second-order valence-electron chi connectivity index (χ2n) is 8.93. The van der Waals surface area contributed by atoms with Crippen LogP contribution in [-0.4, -0.2) is 68.1 Å². The van der Waals surface area contributed by atoms with Crippen LogP contribution < -0.4 is 4.90 Å². The number of fused-ring (bicyclic) bond motifs is 2. The molecule has 1 aromatic carbocycles. The van der Waals surface area contributed by atoms with Crippen molar-refractivity contribution in [1.82, 2.24) is 24.8 Å². The molecule has 1 aliphatic heterocycles. The van der Waals surface area contributed by atoms with Crippen LogP contribution in [0.25, 0.3) is 22.1 Å². The first kappa shape index (κ1) is 23.0. The maximum absolute atomic E-state index is 13.1. The standard InChI is InChI=1S/C24H23F3N6O2/c1-32(21(34)15-5-6-16-18(12-15)31-22(30-16)24(25,26)27)13-23(35)8-3-11-33(14-23)19-7-10-28-17-4-2-9-29-20(17)19/h2,4-7,9-10,12,35H,3,8,11,13-14H2,1H3,(H,30,31)/t23-/m0/s1. The molecule has 4 heterocycles. The molecule has 0 bridgehead atoms. The minimum atomic E-state index is -4.61. The number of amides is 1. The molecule has 0 radical (unpaired) electrons. The molecule has 1 amide bonds. The molecule has 2 N–H and O–H groups in total. The predicted molar refractivity (Wildman–Crippen MR) is 124 cm³/mol. The van der Waals surface area contributed by atoms with Gasteiger partial charge >= 0.3 is 6.18 Å². The van der Waals surface area contributed by atoms with Crippen LogP contribution in [-0.2, 0) is 6.18 Å². The number of carbonyl (C=O) groups is 1. The number of aromatic amines is 1. The van der Waals surface area contributed by atoms with Crippen LogP contribution in [0.5, 0.6) is 0 Å². The molecule has 0 unspecified atom stereocenters. The number of hydrogen-bond donors (Lipinski definition) is 2. The molecule has 1 saturated heterocycles. The fourth-order valence-electron chi connectivity index (χ4n) is 4.68. The highest BCUT2D eigenvalue weighted by molar-refractivity contribution is 5.97. The number of pyridine rings is 2. The summed E-state index contributed by atoms with van der Waals surface area (Å²) in [5, 5.41) is 11.4. The van der Waals surface area contributed by atoms with Gasteiger partial charge in [0.1, 0.15) is 5.52 Å². The summed E-state index contributed by atoms with van der Waals surface area (Å²) < 4.78 is 38.8. The zero-order valence-corrected chi connectivity index (χ0v) is 18.9. The van der Waals surface area contributed by atoms with Gasteiger partial charge in [-0.1, -0.05) is 0 Å². The molecule has 1 fully saturated rings. The molecule has 0 saturated carbocycles. The number of aliphatic hydroxyl groups is 1. The van der Waals surface area contributed by atoms with Gasteiger partial charge in [-0.05, 0) is 49.2 Å². The molecular weight excluding hydrogens is 461 g/mol. The quantitative estimate of drug-likeness (QED) is 0.459. The number of nitrogens with one attached hydrogen (secondary N) is 1. The summed E-state index contributed by atoms with van der Waals surface area (Å²) >= 11 is 0. The van der Waals surface area contributed by atoms with Crippen LogP contribution >= 0.6 is 0 Å². The minimum Gasteiger partial charge on any atom is -0.386 e. The molecule has 35 heavy (non-hydrogen) atoms. The van der Waals surface area contributed by atoms with Crippen molar-refractivity contribution in [2.45, 2.75) is 24.6 Å². The Morgan fingerprint density at radius 2 is 2.03 bits per heavy atom. The summed E-state index contributed by atoms with van der Waals surface area (Å²) in [7, 11) is 1.57. The second kappa shape index (κ2) is 8.49. The fraction of sp³-hybridized carbons (Fsp3) is 0.333. The molecule has 3 aromatic heterocycles. The Kier molecular flexibility index (Phi) is 5.59. The zero-order valence-electron chi connectivity index (χ0n) is 18.9. The van der Waals surface area contributed by atoms with Crippen LogP contribution in [0.3, 0.4) is 0 Å². The van der Waals surface area contributed by atoms with Crippen LogP contribution in [0.4, 0.5) is 18.9 Å². The predicted octanol–water partition coefficient (Wildman–Crippen LogP) is 3.63. The Morgan fingerprint density at radius 1 is 1.20 bits per heavy atom. The lowest BCUT2D eigenvalue weighted by molar-refractivity contribution is -0.144. The van der Waals surface area contributed by atoms with E-state index in [1.165, 1.54) is 23.1 Å². The van der Waals surface area contributed by atoms with Crippen molar-refractivity contribution in [1.29, 1.82) is 0 Å². The number of rotatable bonds is 4. The number of H-pyrrole nitrogens is 1. The molecule has 0 spiro atoms. The number of anilines is 1. The lowest BCUT2D eigenvalue weighted by Crippen LogP contribution is -2.54. The Morgan fingerprint density at radius 3 is 2.83 bits per heavy atom. The number of alkyl halides is 3. The van der Waals surface area contributed by atoms with Gasteiger partial charge in [0.15, 0.2) is 0 Å². The minimum absolute atomic E-state index is 0.0631. The van der Waals surface area contributed by atoms with Crippen molar-refractivity contribution in [3.8, 4) is 0 Å². The van der Waals surface area contributed by atoms with E-state index in [9.17, 15) is 23.1 Å². The SMILES string of the molecule is CN(C[C@@]1(O)CCCN(c2ccnc3cccnc23)C1)C(=O)c1ccc2nc(C(F)(F)F)[nH]c2c1. The first-order chi connectivity index (χ1) is 16.6. The van der Waals surface area contributed by atoms with Crippen molar-refractivity contribution >= 4 is 33.7 Å². The molecular formula is C24H23F3N6O2.